The molecule has 0 aliphatic rings. The predicted octanol–water partition coefficient (Wildman–Crippen LogP) is 5.34. The number of benzene rings is 2. The summed E-state index contributed by atoms with van der Waals surface area (Å²) in [5.74, 6) is 1.64. The summed E-state index contributed by atoms with van der Waals surface area (Å²) in [6, 6.07) is 14.1. The Labute approximate surface area is 194 Å². The van der Waals surface area contributed by atoms with Gasteiger partial charge in [-0.15, -0.1) is 16.8 Å². The van der Waals surface area contributed by atoms with Crippen LogP contribution in [-0.4, -0.2) is 26.4 Å². The van der Waals surface area contributed by atoms with Crippen molar-refractivity contribution in [2.45, 2.75) is 51.9 Å². The Morgan fingerprint density at radius 2 is 1.97 bits per heavy atom. The number of aromatic nitrogens is 3. The molecule has 0 saturated heterocycles. The van der Waals surface area contributed by atoms with Crippen molar-refractivity contribution in [3.63, 3.8) is 0 Å². The summed E-state index contributed by atoms with van der Waals surface area (Å²) in [5, 5.41) is 12.2. The molecule has 1 aromatic heterocycles. The van der Waals surface area contributed by atoms with Gasteiger partial charge in [0.15, 0.2) is 11.0 Å². The summed E-state index contributed by atoms with van der Waals surface area (Å²) in [6.45, 7) is 10.8. The first-order chi connectivity index (χ1) is 15.5. The number of thioether (sulfide) groups is 1. The van der Waals surface area contributed by atoms with Crippen LogP contribution in [0.5, 0.6) is 5.75 Å². The molecule has 6 nitrogen and oxygen atoms in total. The molecule has 0 atom stereocenters. The van der Waals surface area contributed by atoms with E-state index in [0.717, 1.165) is 35.4 Å². The average Bonchev–Trinajstić information content (AvgIpc) is 3.16. The lowest BCUT2D eigenvalue weighted by Crippen LogP contribution is -2.15. The lowest BCUT2D eigenvalue weighted by atomic mass is 10.1. The number of hydrogen-bond donors (Lipinski definition) is 1. The van der Waals surface area contributed by atoms with Crippen LogP contribution in [0, 0.1) is 13.8 Å². The van der Waals surface area contributed by atoms with Gasteiger partial charge in [0.25, 0.3) is 0 Å². The second-order valence-electron chi connectivity index (χ2n) is 7.64. The number of nitrogens with zero attached hydrogens (tertiary/aromatic N) is 3. The van der Waals surface area contributed by atoms with E-state index >= 15 is 0 Å². The minimum Gasteiger partial charge on any atom is -0.486 e. The number of carbonyl (C=O) groups is 1. The van der Waals surface area contributed by atoms with Crippen molar-refractivity contribution in [1.29, 1.82) is 0 Å². The molecule has 0 unspecified atom stereocenters. The summed E-state index contributed by atoms with van der Waals surface area (Å²) >= 11 is 1.35. The molecule has 0 saturated carbocycles. The summed E-state index contributed by atoms with van der Waals surface area (Å²) in [6.07, 6.45) is 3.96. The van der Waals surface area contributed by atoms with Crippen molar-refractivity contribution in [2.24, 2.45) is 0 Å². The maximum atomic E-state index is 12.5. The Hall–Kier alpha value is -3.06. The monoisotopic (exact) mass is 450 g/mol. The number of amides is 1. The number of allylic oxidation sites excluding steroid dienone is 1. The summed E-state index contributed by atoms with van der Waals surface area (Å²) in [5.41, 5.74) is 4.27. The highest BCUT2D eigenvalue weighted by Crippen LogP contribution is 2.21. The zero-order valence-electron chi connectivity index (χ0n) is 18.9. The van der Waals surface area contributed by atoms with Gasteiger partial charge in [-0.05, 0) is 55.2 Å². The maximum Gasteiger partial charge on any atom is 0.234 e. The topological polar surface area (TPSA) is 69.0 Å². The lowest BCUT2D eigenvalue weighted by molar-refractivity contribution is -0.113. The van der Waals surface area contributed by atoms with Gasteiger partial charge in [-0.25, -0.2) is 0 Å². The third-order valence-electron chi connectivity index (χ3n) is 4.93. The van der Waals surface area contributed by atoms with E-state index in [1.165, 1.54) is 17.3 Å². The number of hydrogen-bond acceptors (Lipinski definition) is 5. The fraction of sp³-hybridized carbons (Fsp3) is 0.320. The molecule has 1 heterocycles. The van der Waals surface area contributed by atoms with Crippen molar-refractivity contribution in [3.8, 4) is 5.75 Å². The second kappa shape index (κ2) is 11.5. The maximum absolute atomic E-state index is 12.5. The smallest absolute Gasteiger partial charge is 0.234 e. The van der Waals surface area contributed by atoms with Gasteiger partial charge >= 0.3 is 0 Å². The average molecular weight is 451 g/mol. The van der Waals surface area contributed by atoms with Crippen LogP contribution in [0.15, 0.2) is 60.3 Å². The largest absolute Gasteiger partial charge is 0.486 e. The highest BCUT2D eigenvalue weighted by molar-refractivity contribution is 7.99. The molecule has 7 heteroatoms. The first kappa shape index (κ1) is 23.6. The Morgan fingerprint density at radius 3 is 2.69 bits per heavy atom. The first-order valence-electron chi connectivity index (χ1n) is 10.7. The van der Waals surface area contributed by atoms with Gasteiger partial charge in [0.1, 0.15) is 12.4 Å². The summed E-state index contributed by atoms with van der Waals surface area (Å²) < 4.78 is 7.83. The van der Waals surface area contributed by atoms with Gasteiger partial charge in [0, 0.05) is 12.2 Å². The molecule has 0 fully saturated rings. The van der Waals surface area contributed by atoms with E-state index in [-0.39, 0.29) is 11.7 Å². The fourth-order valence-corrected chi connectivity index (χ4v) is 3.99. The number of anilines is 1. The number of carbonyl (C=O) groups excluding carboxylic acids is 1. The van der Waals surface area contributed by atoms with Crippen molar-refractivity contribution in [1.82, 2.24) is 14.8 Å². The van der Waals surface area contributed by atoms with E-state index in [1.54, 1.807) is 6.08 Å². The van der Waals surface area contributed by atoms with E-state index < -0.39 is 0 Å². The minimum absolute atomic E-state index is 0.0816. The molecule has 1 N–H and O–H groups in total. The molecule has 0 aliphatic heterocycles. The Morgan fingerprint density at radius 1 is 1.19 bits per heavy atom. The van der Waals surface area contributed by atoms with Crippen LogP contribution >= 0.6 is 11.8 Å². The quantitative estimate of drug-likeness (QED) is 0.315. The summed E-state index contributed by atoms with van der Waals surface area (Å²) in [4.78, 5) is 12.5. The van der Waals surface area contributed by atoms with Gasteiger partial charge in [-0.3, -0.25) is 9.36 Å². The standard InChI is InChI=1S/C25H30N4O2S/c1-5-7-20-10-12-21(13-11-20)31-16-23-27-28-25(29(23)14-6-2)32-17-24(30)26-22-15-18(3)8-9-19(22)4/h6,8-13,15H,2,5,7,14,16-17H2,1,3-4H3,(H,26,30). The van der Waals surface area contributed by atoms with Crippen LogP contribution in [0.4, 0.5) is 5.69 Å². The van der Waals surface area contributed by atoms with Crippen molar-refractivity contribution < 1.29 is 9.53 Å². The second-order valence-corrected chi connectivity index (χ2v) is 8.58. The lowest BCUT2D eigenvalue weighted by Gasteiger charge is -2.11. The Kier molecular flexibility index (Phi) is 8.50. The molecule has 2 aromatic carbocycles. The molecular formula is C25H30N4O2S. The van der Waals surface area contributed by atoms with Crippen molar-refractivity contribution >= 4 is 23.4 Å². The van der Waals surface area contributed by atoms with Gasteiger partial charge < -0.3 is 10.1 Å². The van der Waals surface area contributed by atoms with Gasteiger partial charge in [0.05, 0.1) is 5.75 Å². The molecule has 32 heavy (non-hydrogen) atoms. The number of rotatable bonds is 11. The zero-order chi connectivity index (χ0) is 22.9. The highest BCUT2D eigenvalue weighted by atomic mass is 32.2. The van der Waals surface area contributed by atoms with Crippen molar-refractivity contribution in [3.05, 3.63) is 77.6 Å². The molecular weight excluding hydrogens is 420 g/mol. The number of nitrogens with one attached hydrogen (secondary N) is 1. The van der Waals surface area contributed by atoms with E-state index in [0.29, 0.717) is 24.1 Å². The summed E-state index contributed by atoms with van der Waals surface area (Å²) in [7, 11) is 0. The SMILES string of the molecule is C=CCn1c(COc2ccc(CCC)cc2)nnc1SCC(=O)Nc1cc(C)ccc1C. The Balaban J connectivity index is 1.60. The van der Waals surface area contributed by atoms with E-state index in [4.69, 9.17) is 4.74 Å². The molecule has 0 aliphatic carbocycles. The van der Waals surface area contributed by atoms with E-state index in [1.807, 2.05) is 48.7 Å². The van der Waals surface area contributed by atoms with Crippen LogP contribution in [-0.2, 0) is 24.4 Å². The molecule has 0 bridgehead atoms. The minimum atomic E-state index is -0.0816. The molecule has 0 spiro atoms. The first-order valence-corrected chi connectivity index (χ1v) is 11.7. The third-order valence-corrected chi connectivity index (χ3v) is 5.90. The van der Waals surface area contributed by atoms with Gasteiger partial charge in [-0.2, -0.15) is 0 Å². The third kappa shape index (κ3) is 6.47. The zero-order valence-corrected chi connectivity index (χ0v) is 19.7. The van der Waals surface area contributed by atoms with Crippen LogP contribution in [0.2, 0.25) is 0 Å². The van der Waals surface area contributed by atoms with Gasteiger partial charge in [0.2, 0.25) is 5.91 Å². The number of ether oxygens (including phenoxy) is 1. The molecule has 1 amide bonds. The van der Waals surface area contributed by atoms with Crippen LogP contribution in [0.25, 0.3) is 0 Å². The van der Waals surface area contributed by atoms with E-state index in [2.05, 4.69) is 41.1 Å². The highest BCUT2D eigenvalue weighted by Gasteiger charge is 2.15. The predicted molar refractivity (Wildman–Crippen MR) is 130 cm³/mol. The van der Waals surface area contributed by atoms with Crippen LogP contribution in [0.1, 0.15) is 35.9 Å². The van der Waals surface area contributed by atoms with Crippen molar-refractivity contribution in [2.75, 3.05) is 11.1 Å². The normalized spacial score (nSPS) is 10.7. The molecule has 0 radical (unpaired) electrons. The fourth-order valence-electron chi connectivity index (χ4n) is 3.22. The van der Waals surface area contributed by atoms with Crippen LogP contribution < -0.4 is 10.1 Å². The van der Waals surface area contributed by atoms with E-state index in [9.17, 15) is 4.79 Å². The molecule has 3 rings (SSSR count). The molecule has 168 valence electrons. The number of aryl methyl sites for hydroxylation is 3. The van der Waals surface area contributed by atoms with Gasteiger partial charge in [-0.1, -0.05) is 55.4 Å². The molecule has 3 aromatic rings. The Bertz CT molecular complexity index is 1060. The van der Waals surface area contributed by atoms with Crippen LogP contribution in [0.3, 0.4) is 0 Å².